The first-order valence-electron chi connectivity index (χ1n) is 5.92. The first-order chi connectivity index (χ1) is 8.17. The summed E-state index contributed by atoms with van der Waals surface area (Å²) in [6.07, 6.45) is 6.35. The van der Waals surface area contributed by atoms with Gasteiger partial charge in [-0.1, -0.05) is 55.1 Å². The average molecular weight is 273 g/mol. The van der Waals surface area contributed by atoms with Crippen molar-refractivity contribution in [2.24, 2.45) is 0 Å². The minimum atomic E-state index is 0.0860. The van der Waals surface area contributed by atoms with E-state index in [4.69, 9.17) is 23.2 Å². The number of hydrogen-bond donors (Lipinski definition) is 1. The third-order valence-corrected chi connectivity index (χ3v) is 3.19. The third-order valence-electron chi connectivity index (χ3n) is 2.63. The van der Waals surface area contributed by atoms with Gasteiger partial charge >= 0.3 is 0 Å². The highest BCUT2D eigenvalue weighted by Gasteiger charge is 2.01. The van der Waals surface area contributed by atoms with E-state index in [0.717, 1.165) is 24.0 Å². The standard InChI is InChI=1S/C14H18Cl2O/c1-2-3-4-5-11(10-17)8-12-6-7-13(15)9-14(12)16/h6-9,17H,2-5,10H2,1H3. The number of aliphatic hydroxyl groups is 1. The van der Waals surface area contributed by atoms with Crippen molar-refractivity contribution in [1.82, 2.24) is 0 Å². The molecule has 1 N–H and O–H groups in total. The molecule has 0 bridgehead atoms. The van der Waals surface area contributed by atoms with Crippen LogP contribution in [0.3, 0.4) is 0 Å². The maximum Gasteiger partial charge on any atom is 0.0645 e. The van der Waals surface area contributed by atoms with E-state index in [2.05, 4.69) is 6.92 Å². The average Bonchev–Trinajstić information content (AvgIpc) is 2.31. The van der Waals surface area contributed by atoms with Crippen molar-refractivity contribution in [3.63, 3.8) is 0 Å². The lowest BCUT2D eigenvalue weighted by atomic mass is 10.0. The number of benzene rings is 1. The molecule has 0 spiro atoms. The van der Waals surface area contributed by atoms with Gasteiger partial charge in [-0.05, 0) is 36.1 Å². The molecule has 3 heteroatoms. The van der Waals surface area contributed by atoms with Gasteiger partial charge in [0.2, 0.25) is 0 Å². The highest BCUT2D eigenvalue weighted by Crippen LogP contribution is 2.24. The van der Waals surface area contributed by atoms with Crippen LogP contribution in [-0.4, -0.2) is 11.7 Å². The van der Waals surface area contributed by atoms with Crippen LogP contribution in [0.4, 0.5) is 0 Å². The van der Waals surface area contributed by atoms with Gasteiger partial charge in [-0.3, -0.25) is 0 Å². The second-order valence-electron chi connectivity index (χ2n) is 4.08. The first-order valence-corrected chi connectivity index (χ1v) is 6.68. The quantitative estimate of drug-likeness (QED) is 0.727. The molecule has 0 unspecified atom stereocenters. The molecule has 1 aromatic rings. The van der Waals surface area contributed by atoms with Crippen LogP contribution in [0.1, 0.15) is 38.2 Å². The second-order valence-corrected chi connectivity index (χ2v) is 4.93. The van der Waals surface area contributed by atoms with Crippen molar-refractivity contribution < 1.29 is 5.11 Å². The van der Waals surface area contributed by atoms with Crippen LogP contribution in [0.25, 0.3) is 6.08 Å². The highest BCUT2D eigenvalue weighted by molar-refractivity contribution is 6.35. The van der Waals surface area contributed by atoms with Crippen molar-refractivity contribution in [1.29, 1.82) is 0 Å². The monoisotopic (exact) mass is 272 g/mol. The van der Waals surface area contributed by atoms with Gasteiger partial charge in [0, 0.05) is 10.0 Å². The van der Waals surface area contributed by atoms with Crippen LogP contribution < -0.4 is 0 Å². The molecule has 0 aliphatic carbocycles. The zero-order valence-electron chi connectivity index (χ0n) is 10.0. The van der Waals surface area contributed by atoms with Crippen LogP contribution in [-0.2, 0) is 0 Å². The second kappa shape index (κ2) is 7.75. The number of hydrogen-bond acceptors (Lipinski definition) is 1. The summed E-state index contributed by atoms with van der Waals surface area (Å²) in [5, 5.41) is 10.5. The molecule has 0 radical (unpaired) electrons. The van der Waals surface area contributed by atoms with Gasteiger partial charge in [-0.25, -0.2) is 0 Å². The summed E-state index contributed by atoms with van der Waals surface area (Å²) in [4.78, 5) is 0. The Morgan fingerprint density at radius 1 is 1.29 bits per heavy atom. The maximum atomic E-state index is 9.29. The molecule has 0 fully saturated rings. The SMILES string of the molecule is CCCCCC(=Cc1ccc(Cl)cc1Cl)CO. The molecule has 0 aliphatic heterocycles. The van der Waals surface area contributed by atoms with E-state index in [9.17, 15) is 5.11 Å². The number of aliphatic hydroxyl groups excluding tert-OH is 1. The molecular formula is C14H18Cl2O. The molecule has 1 nitrogen and oxygen atoms in total. The summed E-state index contributed by atoms with van der Waals surface area (Å²) in [6, 6.07) is 5.40. The Bertz CT molecular complexity index is 386. The van der Waals surface area contributed by atoms with E-state index in [1.54, 1.807) is 12.1 Å². The van der Waals surface area contributed by atoms with Crippen LogP contribution in [0.2, 0.25) is 10.0 Å². The fourth-order valence-corrected chi connectivity index (χ4v) is 2.10. The third kappa shape index (κ3) is 5.12. The summed E-state index contributed by atoms with van der Waals surface area (Å²) in [6.45, 7) is 2.25. The maximum absolute atomic E-state index is 9.29. The van der Waals surface area contributed by atoms with Gasteiger partial charge in [0.25, 0.3) is 0 Å². The lowest BCUT2D eigenvalue weighted by Crippen LogP contribution is -1.91. The zero-order chi connectivity index (χ0) is 12.7. The van der Waals surface area contributed by atoms with Crippen LogP contribution in [0.15, 0.2) is 23.8 Å². The number of rotatable bonds is 6. The topological polar surface area (TPSA) is 20.2 Å². The van der Waals surface area contributed by atoms with Crippen molar-refractivity contribution >= 4 is 29.3 Å². The van der Waals surface area contributed by atoms with E-state index in [1.165, 1.54) is 12.8 Å². The van der Waals surface area contributed by atoms with Crippen molar-refractivity contribution in [3.05, 3.63) is 39.4 Å². The van der Waals surface area contributed by atoms with Gasteiger partial charge < -0.3 is 5.11 Å². The highest BCUT2D eigenvalue weighted by atomic mass is 35.5. The Balaban J connectivity index is 2.75. The molecule has 0 atom stereocenters. The fraction of sp³-hybridized carbons (Fsp3) is 0.429. The van der Waals surface area contributed by atoms with Crippen LogP contribution in [0.5, 0.6) is 0 Å². The number of unbranched alkanes of at least 4 members (excludes halogenated alkanes) is 2. The Kier molecular flexibility index (Phi) is 6.64. The summed E-state index contributed by atoms with van der Waals surface area (Å²) in [7, 11) is 0. The van der Waals surface area contributed by atoms with Crippen LogP contribution >= 0.6 is 23.2 Å². The van der Waals surface area contributed by atoms with E-state index in [-0.39, 0.29) is 6.61 Å². The van der Waals surface area contributed by atoms with E-state index >= 15 is 0 Å². The molecule has 0 saturated carbocycles. The molecule has 1 rings (SSSR count). The van der Waals surface area contributed by atoms with Crippen molar-refractivity contribution in [3.8, 4) is 0 Å². The molecule has 94 valence electrons. The molecule has 0 heterocycles. The summed E-state index contributed by atoms with van der Waals surface area (Å²) in [5.74, 6) is 0. The minimum Gasteiger partial charge on any atom is -0.392 e. The zero-order valence-corrected chi connectivity index (χ0v) is 11.6. The summed E-state index contributed by atoms with van der Waals surface area (Å²) in [5.41, 5.74) is 1.93. The van der Waals surface area contributed by atoms with Gasteiger partial charge in [0.1, 0.15) is 0 Å². The van der Waals surface area contributed by atoms with Crippen molar-refractivity contribution in [2.45, 2.75) is 32.6 Å². The predicted molar refractivity (Wildman–Crippen MR) is 75.7 cm³/mol. The molecule has 1 aromatic carbocycles. The molecule has 0 saturated heterocycles. The van der Waals surface area contributed by atoms with Gasteiger partial charge in [0.05, 0.1) is 6.61 Å². The Morgan fingerprint density at radius 3 is 2.65 bits per heavy atom. The van der Waals surface area contributed by atoms with Gasteiger partial charge in [-0.2, -0.15) is 0 Å². The first kappa shape index (κ1) is 14.6. The molecule has 0 aromatic heterocycles. The fourth-order valence-electron chi connectivity index (χ4n) is 1.64. The molecule has 0 aliphatic rings. The predicted octanol–water partition coefficient (Wildman–Crippen LogP) is 4.95. The van der Waals surface area contributed by atoms with Gasteiger partial charge in [-0.15, -0.1) is 0 Å². The molecule has 0 amide bonds. The van der Waals surface area contributed by atoms with E-state index in [1.807, 2.05) is 12.1 Å². The molecular weight excluding hydrogens is 255 g/mol. The largest absolute Gasteiger partial charge is 0.392 e. The Labute approximate surface area is 113 Å². The lowest BCUT2D eigenvalue weighted by molar-refractivity contribution is 0.326. The summed E-state index contributed by atoms with van der Waals surface area (Å²) >= 11 is 11.9. The van der Waals surface area contributed by atoms with E-state index in [0.29, 0.717) is 10.0 Å². The van der Waals surface area contributed by atoms with E-state index < -0.39 is 0 Å². The van der Waals surface area contributed by atoms with Crippen LogP contribution in [0, 0.1) is 0 Å². The lowest BCUT2D eigenvalue weighted by Gasteiger charge is -2.05. The number of halogens is 2. The Hall–Kier alpha value is -0.500. The Morgan fingerprint density at radius 2 is 2.06 bits per heavy atom. The normalized spacial score (nSPS) is 11.9. The molecule has 17 heavy (non-hydrogen) atoms. The summed E-state index contributed by atoms with van der Waals surface area (Å²) < 4.78 is 0. The van der Waals surface area contributed by atoms with Crippen molar-refractivity contribution in [2.75, 3.05) is 6.61 Å². The van der Waals surface area contributed by atoms with Gasteiger partial charge in [0.15, 0.2) is 0 Å². The minimum absolute atomic E-state index is 0.0860. The smallest absolute Gasteiger partial charge is 0.0645 e.